The smallest absolute Gasteiger partial charge is 0.270 e. The maximum absolute atomic E-state index is 12.5. The van der Waals surface area contributed by atoms with E-state index < -0.39 is 0 Å². The van der Waals surface area contributed by atoms with E-state index in [4.69, 9.17) is 9.47 Å². The molecule has 0 aromatic carbocycles. The summed E-state index contributed by atoms with van der Waals surface area (Å²) in [4.78, 5) is 24.9. The fourth-order valence-corrected chi connectivity index (χ4v) is 4.44. The fourth-order valence-electron chi connectivity index (χ4n) is 4.44. The number of hydrogen-bond donors (Lipinski definition) is 1. The van der Waals surface area contributed by atoms with Crippen molar-refractivity contribution in [3.63, 3.8) is 0 Å². The lowest BCUT2D eigenvalue weighted by Crippen LogP contribution is -2.76. The van der Waals surface area contributed by atoms with Gasteiger partial charge in [-0.2, -0.15) is 5.10 Å². The molecule has 7 nitrogen and oxygen atoms in total. The summed E-state index contributed by atoms with van der Waals surface area (Å²) in [5.74, 6) is 0.795. The second-order valence-electron chi connectivity index (χ2n) is 9.04. The molecule has 0 atom stereocenters. The number of hydrogen-bond acceptors (Lipinski definition) is 5. The molecule has 0 saturated heterocycles. The van der Waals surface area contributed by atoms with Crippen molar-refractivity contribution in [2.24, 2.45) is 11.3 Å². The first-order valence-electron chi connectivity index (χ1n) is 9.72. The Balaban J connectivity index is 1.65. The van der Waals surface area contributed by atoms with Gasteiger partial charge in [0.05, 0.1) is 13.2 Å². The van der Waals surface area contributed by atoms with Crippen molar-refractivity contribution in [1.82, 2.24) is 15.1 Å². The Morgan fingerprint density at radius 3 is 2.52 bits per heavy atom. The lowest BCUT2D eigenvalue weighted by Gasteiger charge is -2.70. The maximum Gasteiger partial charge on any atom is 0.270 e. The summed E-state index contributed by atoms with van der Waals surface area (Å²) in [6, 6.07) is 1.45. The number of ether oxygens (including phenoxy) is 2. The molecule has 1 amide bonds. The predicted molar refractivity (Wildman–Crippen MR) is 102 cm³/mol. The van der Waals surface area contributed by atoms with Crippen LogP contribution in [0, 0.1) is 11.3 Å². The molecule has 3 aliphatic carbocycles. The molecule has 2 bridgehead atoms. The summed E-state index contributed by atoms with van der Waals surface area (Å²) in [5.41, 5.74) is 0.548. The minimum atomic E-state index is -0.318. The average molecular weight is 377 g/mol. The Labute approximate surface area is 160 Å². The fraction of sp³-hybridized carbons (Fsp3) is 0.750. The van der Waals surface area contributed by atoms with Gasteiger partial charge in [-0.05, 0) is 25.2 Å². The van der Waals surface area contributed by atoms with Crippen LogP contribution in [0.3, 0.4) is 0 Å². The zero-order valence-corrected chi connectivity index (χ0v) is 17.0. The third-order valence-corrected chi connectivity index (χ3v) is 5.40. The number of nitrogens with one attached hydrogen (secondary N) is 1. The van der Waals surface area contributed by atoms with E-state index >= 15 is 0 Å². The van der Waals surface area contributed by atoms with Crippen molar-refractivity contribution >= 4 is 5.91 Å². The maximum atomic E-state index is 12.5. The second kappa shape index (κ2) is 7.26. The molecule has 3 saturated carbocycles. The van der Waals surface area contributed by atoms with E-state index in [-0.39, 0.29) is 34.9 Å². The zero-order chi connectivity index (χ0) is 19.8. The van der Waals surface area contributed by atoms with Crippen LogP contribution in [0.4, 0.5) is 0 Å². The third-order valence-electron chi connectivity index (χ3n) is 5.40. The lowest BCUT2D eigenvalue weighted by atomic mass is 9.39. The molecular formula is C20H31N3O4. The molecule has 7 heteroatoms. The van der Waals surface area contributed by atoms with E-state index in [0.717, 1.165) is 25.9 Å². The predicted octanol–water partition coefficient (Wildman–Crippen LogP) is 2.09. The van der Waals surface area contributed by atoms with Gasteiger partial charge in [0.15, 0.2) is 0 Å². The summed E-state index contributed by atoms with van der Waals surface area (Å²) in [5, 5.41) is 7.51. The minimum absolute atomic E-state index is 0.0674. The number of amides is 1. The van der Waals surface area contributed by atoms with E-state index in [0.29, 0.717) is 24.0 Å². The van der Waals surface area contributed by atoms with Crippen molar-refractivity contribution in [3.05, 3.63) is 22.1 Å². The van der Waals surface area contributed by atoms with Crippen molar-refractivity contribution in [2.75, 3.05) is 20.3 Å². The highest BCUT2D eigenvalue weighted by atomic mass is 16.5. The van der Waals surface area contributed by atoms with Crippen molar-refractivity contribution < 1.29 is 14.3 Å². The Morgan fingerprint density at radius 2 is 1.96 bits per heavy atom. The van der Waals surface area contributed by atoms with E-state index in [9.17, 15) is 9.59 Å². The summed E-state index contributed by atoms with van der Waals surface area (Å²) < 4.78 is 12.2. The molecule has 1 heterocycles. The van der Waals surface area contributed by atoms with Gasteiger partial charge in [0.25, 0.3) is 5.56 Å². The third kappa shape index (κ3) is 4.03. The van der Waals surface area contributed by atoms with Crippen LogP contribution in [0.1, 0.15) is 58.6 Å². The van der Waals surface area contributed by atoms with Crippen LogP contribution < -0.4 is 15.6 Å². The molecule has 1 aromatic heterocycles. The van der Waals surface area contributed by atoms with Gasteiger partial charge in [-0.25, -0.2) is 4.68 Å². The molecule has 1 N–H and O–H groups in total. The molecule has 0 unspecified atom stereocenters. The van der Waals surface area contributed by atoms with Crippen LogP contribution in [0.2, 0.25) is 0 Å². The number of carbonyl (C=O) groups is 1. The van der Waals surface area contributed by atoms with Gasteiger partial charge in [0.2, 0.25) is 5.91 Å². The van der Waals surface area contributed by atoms with Gasteiger partial charge in [0.1, 0.15) is 18.0 Å². The summed E-state index contributed by atoms with van der Waals surface area (Å²) in [6.45, 7) is 9.30. The number of methoxy groups -OCH3 is 1. The Morgan fingerprint density at radius 1 is 1.30 bits per heavy atom. The van der Waals surface area contributed by atoms with Crippen LogP contribution in [0.15, 0.2) is 10.9 Å². The van der Waals surface area contributed by atoms with Gasteiger partial charge in [-0.3, -0.25) is 9.59 Å². The summed E-state index contributed by atoms with van der Waals surface area (Å²) >= 11 is 0. The first kappa shape index (κ1) is 19.9. The molecule has 3 fully saturated rings. The SMILES string of the molecule is COCC12CC(NC(=O)Cn3nc(C(C)C)c(OCC(C)C)cc3=O)(C1)C2. The quantitative estimate of drug-likeness (QED) is 0.712. The van der Waals surface area contributed by atoms with Crippen molar-refractivity contribution in [3.8, 4) is 5.75 Å². The normalized spacial score (nSPS) is 25.9. The number of nitrogens with zero attached hydrogens (tertiary/aromatic N) is 2. The van der Waals surface area contributed by atoms with Crippen LogP contribution in [-0.2, 0) is 16.1 Å². The van der Waals surface area contributed by atoms with Crippen LogP contribution in [0.5, 0.6) is 5.75 Å². The standard InChI is InChI=1S/C20H31N3O4/c1-13(2)8-27-15-6-17(25)23(22-18(15)14(3)4)7-16(24)21-20-9-19(10-20,11-20)12-26-5/h6,13-14H,7-12H2,1-5H3,(H,21,24). The molecule has 0 spiro atoms. The summed E-state index contributed by atoms with van der Waals surface area (Å²) in [7, 11) is 1.71. The monoisotopic (exact) mass is 377 g/mol. The van der Waals surface area contributed by atoms with Crippen LogP contribution >= 0.6 is 0 Å². The molecule has 1 aromatic rings. The molecule has 3 aliphatic rings. The van der Waals surface area contributed by atoms with Crippen LogP contribution in [-0.4, -0.2) is 41.6 Å². The van der Waals surface area contributed by atoms with Gasteiger partial charge < -0.3 is 14.8 Å². The Bertz CT molecular complexity index is 749. The summed E-state index contributed by atoms with van der Waals surface area (Å²) in [6.07, 6.45) is 2.88. The average Bonchev–Trinajstić information content (AvgIpc) is 2.51. The highest BCUT2D eigenvalue weighted by Crippen LogP contribution is 2.67. The number of carbonyl (C=O) groups excluding carboxylic acids is 1. The van der Waals surface area contributed by atoms with Gasteiger partial charge in [-0.15, -0.1) is 0 Å². The van der Waals surface area contributed by atoms with Gasteiger partial charge >= 0.3 is 0 Å². The van der Waals surface area contributed by atoms with Crippen LogP contribution in [0.25, 0.3) is 0 Å². The largest absolute Gasteiger partial charge is 0.491 e. The Hall–Kier alpha value is -1.89. The topological polar surface area (TPSA) is 82.4 Å². The first-order chi connectivity index (χ1) is 12.7. The minimum Gasteiger partial charge on any atom is -0.491 e. The molecule has 27 heavy (non-hydrogen) atoms. The van der Waals surface area contributed by atoms with Crippen molar-refractivity contribution in [2.45, 2.75) is 65.0 Å². The highest BCUT2D eigenvalue weighted by molar-refractivity contribution is 5.77. The Kier molecular flexibility index (Phi) is 5.34. The molecule has 4 rings (SSSR count). The lowest BCUT2D eigenvalue weighted by molar-refractivity contribution is -0.188. The van der Waals surface area contributed by atoms with E-state index in [1.54, 1.807) is 7.11 Å². The highest BCUT2D eigenvalue weighted by Gasteiger charge is 2.68. The van der Waals surface area contributed by atoms with Gasteiger partial charge in [0, 0.05) is 30.0 Å². The number of rotatable bonds is 9. The van der Waals surface area contributed by atoms with Gasteiger partial charge in [-0.1, -0.05) is 27.7 Å². The van der Waals surface area contributed by atoms with E-state index in [1.807, 2.05) is 13.8 Å². The second-order valence-corrected chi connectivity index (χ2v) is 9.04. The first-order valence-corrected chi connectivity index (χ1v) is 9.72. The molecule has 150 valence electrons. The number of aromatic nitrogens is 2. The van der Waals surface area contributed by atoms with E-state index in [2.05, 4.69) is 24.3 Å². The molecular weight excluding hydrogens is 346 g/mol. The van der Waals surface area contributed by atoms with E-state index in [1.165, 1.54) is 10.7 Å². The van der Waals surface area contributed by atoms with Crippen molar-refractivity contribution in [1.29, 1.82) is 0 Å². The zero-order valence-electron chi connectivity index (χ0n) is 17.0. The molecule has 0 radical (unpaired) electrons. The molecule has 0 aliphatic heterocycles.